The number of hydrogen-bond acceptors (Lipinski definition) is 4. The highest BCUT2D eigenvalue weighted by atomic mass is 35.5. The summed E-state index contributed by atoms with van der Waals surface area (Å²) < 4.78 is 2.06. The summed E-state index contributed by atoms with van der Waals surface area (Å²) in [7, 11) is 0. The van der Waals surface area contributed by atoms with Crippen LogP contribution in [0.5, 0.6) is 0 Å². The number of aromatic nitrogens is 3. The molecule has 1 aliphatic rings. The molecule has 1 atom stereocenters. The Bertz CT molecular complexity index is 755. The van der Waals surface area contributed by atoms with Gasteiger partial charge >= 0.3 is 0 Å². The van der Waals surface area contributed by atoms with Crippen molar-refractivity contribution in [3.63, 3.8) is 0 Å². The third-order valence-electron chi connectivity index (χ3n) is 4.08. The highest BCUT2D eigenvalue weighted by Gasteiger charge is 2.30. The average molecular weight is 377 g/mol. The number of carbonyl (C=O) groups is 1. The molecule has 5 nitrogen and oxygen atoms in total. The maximum atomic E-state index is 12.3. The van der Waals surface area contributed by atoms with E-state index in [1.807, 2.05) is 37.3 Å². The van der Waals surface area contributed by atoms with Crippen LogP contribution in [0.3, 0.4) is 0 Å². The predicted molar refractivity (Wildman–Crippen MR) is 101 cm³/mol. The van der Waals surface area contributed by atoms with Gasteiger partial charge in [0, 0.05) is 17.5 Å². The molecule has 7 heteroatoms. The van der Waals surface area contributed by atoms with Gasteiger partial charge in [-0.3, -0.25) is 4.79 Å². The molecule has 1 N–H and O–H groups in total. The second-order valence-electron chi connectivity index (χ2n) is 6.14. The van der Waals surface area contributed by atoms with Crippen molar-refractivity contribution in [2.75, 3.05) is 5.75 Å². The van der Waals surface area contributed by atoms with E-state index in [-0.39, 0.29) is 11.9 Å². The fraction of sp³-hybridized carbons (Fsp3) is 0.389. The minimum absolute atomic E-state index is 0.0337. The topological polar surface area (TPSA) is 59.8 Å². The van der Waals surface area contributed by atoms with Crippen molar-refractivity contribution in [3.05, 3.63) is 53.3 Å². The standard InChI is InChI=1S/C18H21ClN4OS/c1-3-10-23-17(14-4-5-14)21-22-18(23)25-11-16(24)20-12(2)13-6-8-15(19)9-7-13/h3,6-9,12,14H,1,4-5,10-11H2,2H3,(H,20,24). The zero-order valence-electron chi connectivity index (χ0n) is 14.1. The van der Waals surface area contributed by atoms with Crippen LogP contribution < -0.4 is 5.32 Å². The lowest BCUT2D eigenvalue weighted by molar-refractivity contribution is -0.119. The van der Waals surface area contributed by atoms with Gasteiger partial charge in [-0.2, -0.15) is 0 Å². The van der Waals surface area contributed by atoms with Crippen molar-refractivity contribution in [2.45, 2.75) is 43.4 Å². The van der Waals surface area contributed by atoms with E-state index >= 15 is 0 Å². The number of nitrogens with one attached hydrogen (secondary N) is 1. The van der Waals surface area contributed by atoms with Gasteiger partial charge in [0.25, 0.3) is 0 Å². The summed E-state index contributed by atoms with van der Waals surface area (Å²) in [5.41, 5.74) is 1.02. The Balaban J connectivity index is 1.57. The molecular formula is C18H21ClN4OS. The number of halogens is 1. The van der Waals surface area contributed by atoms with Crippen LogP contribution in [-0.2, 0) is 11.3 Å². The van der Waals surface area contributed by atoms with Gasteiger partial charge in [0.05, 0.1) is 11.8 Å². The summed E-state index contributed by atoms with van der Waals surface area (Å²) >= 11 is 7.31. The first-order valence-electron chi connectivity index (χ1n) is 8.30. The normalized spacial score (nSPS) is 15.0. The number of nitrogens with zero attached hydrogens (tertiary/aromatic N) is 3. The molecule has 132 valence electrons. The zero-order valence-corrected chi connectivity index (χ0v) is 15.7. The summed E-state index contributed by atoms with van der Waals surface area (Å²) in [4.78, 5) is 12.3. The molecule has 0 aliphatic heterocycles. The zero-order chi connectivity index (χ0) is 17.8. The SMILES string of the molecule is C=CCn1c(SCC(=O)NC(C)c2ccc(Cl)cc2)nnc1C1CC1. The van der Waals surface area contributed by atoms with Gasteiger partial charge in [-0.15, -0.1) is 16.8 Å². The quantitative estimate of drug-likeness (QED) is 0.559. The Labute approximate surface area is 156 Å². The van der Waals surface area contributed by atoms with E-state index in [0.717, 1.165) is 16.5 Å². The van der Waals surface area contributed by atoms with Gasteiger partial charge in [0.2, 0.25) is 5.91 Å². The summed E-state index contributed by atoms with van der Waals surface area (Å²) in [5, 5.41) is 13.0. The first-order valence-corrected chi connectivity index (χ1v) is 9.66. The van der Waals surface area contributed by atoms with Gasteiger partial charge in [-0.1, -0.05) is 41.6 Å². The van der Waals surface area contributed by atoms with Crippen LogP contribution in [0.25, 0.3) is 0 Å². The van der Waals surface area contributed by atoms with E-state index in [1.54, 1.807) is 0 Å². The van der Waals surface area contributed by atoms with Crippen molar-refractivity contribution < 1.29 is 4.79 Å². The van der Waals surface area contributed by atoms with Crippen molar-refractivity contribution in [3.8, 4) is 0 Å². The summed E-state index contributed by atoms with van der Waals surface area (Å²) in [6.45, 7) is 6.42. The fourth-order valence-electron chi connectivity index (χ4n) is 2.60. The average Bonchev–Trinajstić information content (AvgIpc) is 3.36. The Morgan fingerprint density at radius 2 is 2.16 bits per heavy atom. The molecule has 2 aromatic rings. The second kappa shape index (κ2) is 8.06. The van der Waals surface area contributed by atoms with Gasteiger partial charge in [-0.05, 0) is 37.5 Å². The predicted octanol–water partition coefficient (Wildman–Crippen LogP) is 3.96. The van der Waals surface area contributed by atoms with Crippen molar-refractivity contribution in [1.29, 1.82) is 0 Å². The van der Waals surface area contributed by atoms with E-state index < -0.39 is 0 Å². The molecule has 0 saturated heterocycles. The second-order valence-corrected chi connectivity index (χ2v) is 7.52. The van der Waals surface area contributed by atoms with Crippen LogP contribution in [0, 0.1) is 0 Å². The van der Waals surface area contributed by atoms with E-state index in [9.17, 15) is 4.79 Å². The highest BCUT2D eigenvalue weighted by molar-refractivity contribution is 7.99. The van der Waals surface area contributed by atoms with Crippen LogP contribution >= 0.6 is 23.4 Å². The lowest BCUT2D eigenvalue weighted by Gasteiger charge is -2.14. The van der Waals surface area contributed by atoms with E-state index in [0.29, 0.717) is 23.2 Å². The maximum absolute atomic E-state index is 12.3. The third kappa shape index (κ3) is 4.64. The van der Waals surface area contributed by atoms with Crippen LogP contribution in [0.1, 0.15) is 43.1 Å². The van der Waals surface area contributed by atoms with Crippen LogP contribution in [-0.4, -0.2) is 26.4 Å². The van der Waals surface area contributed by atoms with Crippen molar-refractivity contribution in [2.24, 2.45) is 0 Å². The fourth-order valence-corrected chi connectivity index (χ4v) is 3.49. The van der Waals surface area contributed by atoms with Gasteiger partial charge in [0.15, 0.2) is 5.16 Å². The number of allylic oxidation sites excluding steroid dienone is 1. The lowest BCUT2D eigenvalue weighted by atomic mass is 10.1. The van der Waals surface area contributed by atoms with Gasteiger partial charge in [-0.25, -0.2) is 0 Å². The number of benzene rings is 1. The van der Waals surface area contributed by atoms with Crippen LogP contribution in [0.2, 0.25) is 5.02 Å². The monoisotopic (exact) mass is 376 g/mol. The van der Waals surface area contributed by atoms with E-state index in [1.165, 1.54) is 24.6 Å². The Hall–Kier alpha value is -1.79. The Morgan fingerprint density at radius 3 is 2.80 bits per heavy atom. The first-order chi connectivity index (χ1) is 12.1. The number of rotatable bonds is 8. The molecule has 1 heterocycles. The number of thioether (sulfide) groups is 1. The van der Waals surface area contributed by atoms with Crippen molar-refractivity contribution in [1.82, 2.24) is 20.1 Å². The molecule has 1 aromatic heterocycles. The summed E-state index contributed by atoms with van der Waals surface area (Å²) in [6, 6.07) is 7.42. The Morgan fingerprint density at radius 1 is 1.44 bits per heavy atom. The smallest absolute Gasteiger partial charge is 0.230 e. The molecule has 0 spiro atoms. The molecule has 3 rings (SSSR count). The Kier molecular flexibility index (Phi) is 5.81. The minimum atomic E-state index is -0.0709. The third-order valence-corrected chi connectivity index (χ3v) is 5.30. The van der Waals surface area contributed by atoms with Crippen LogP contribution in [0.4, 0.5) is 0 Å². The van der Waals surface area contributed by atoms with Crippen LogP contribution in [0.15, 0.2) is 42.1 Å². The van der Waals surface area contributed by atoms with E-state index in [4.69, 9.17) is 11.6 Å². The molecule has 1 fully saturated rings. The maximum Gasteiger partial charge on any atom is 0.230 e. The molecule has 25 heavy (non-hydrogen) atoms. The highest BCUT2D eigenvalue weighted by Crippen LogP contribution is 2.40. The number of hydrogen-bond donors (Lipinski definition) is 1. The number of amides is 1. The van der Waals surface area contributed by atoms with Gasteiger partial charge in [0.1, 0.15) is 5.82 Å². The molecule has 1 aromatic carbocycles. The number of carbonyl (C=O) groups excluding carboxylic acids is 1. The summed E-state index contributed by atoms with van der Waals surface area (Å²) in [5.74, 6) is 1.80. The lowest BCUT2D eigenvalue weighted by Crippen LogP contribution is -2.28. The molecule has 1 aliphatic carbocycles. The first kappa shape index (κ1) is 18.0. The van der Waals surface area contributed by atoms with Gasteiger partial charge < -0.3 is 9.88 Å². The van der Waals surface area contributed by atoms with Crippen molar-refractivity contribution >= 4 is 29.3 Å². The molecule has 1 saturated carbocycles. The molecular weight excluding hydrogens is 356 g/mol. The van der Waals surface area contributed by atoms with E-state index in [2.05, 4.69) is 26.7 Å². The molecule has 0 radical (unpaired) electrons. The largest absolute Gasteiger partial charge is 0.349 e. The molecule has 0 bridgehead atoms. The minimum Gasteiger partial charge on any atom is -0.349 e. The molecule has 1 amide bonds. The molecule has 1 unspecified atom stereocenters. The summed E-state index contributed by atoms with van der Waals surface area (Å²) in [6.07, 6.45) is 4.17.